The molecule has 0 aliphatic heterocycles. The average molecular weight is 554 g/mol. The van der Waals surface area contributed by atoms with Gasteiger partial charge in [0.15, 0.2) is 5.96 Å². The van der Waals surface area contributed by atoms with E-state index in [-0.39, 0.29) is 29.7 Å². The smallest absolute Gasteiger partial charge is 0.406 e. The van der Waals surface area contributed by atoms with Crippen LogP contribution in [0.3, 0.4) is 0 Å². The molecule has 11 heteroatoms. The van der Waals surface area contributed by atoms with E-state index in [1.807, 2.05) is 11.5 Å². The maximum Gasteiger partial charge on any atom is 0.573 e. The van der Waals surface area contributed by atoms with Crippen LogP contribution in [0.4, 0.5) is 13.2 Å². The third-order valence-corrected chi connectivity index (χ3v) is 4.25. The van der Waals surface area contributed by atoms with Crippen LogP contribution in [0.1, 0.15) is 38.6 Å². The summed E-state index contributed by atoms with van der Waals surface area (Å²) in [7, 11) is 0. The van der Waals surface area contributed by atoms with Gasteiger partial charge in [-0.05, 0) is 30.0 Å². The highest BCUT2D eigenvalue weighted by atomic mass is 127. The second-order valence-corrected chi connectivity index (χ2v) is 7.19. The molecule has 2 N–H and O–H groups in total. The summed E-state index contributed by atoms with van der Waals surface area (Å²) in [6.45, 7) is 8.76. The van der Waals surface area contributed by atoms with Crippen LogP contribution >= 0.6 is 24.0 Å². The van der Waals surface area contributed by atoms with Crippen LogP contribution in [0, 0.1) is 5.92 Å². The van der Waals surface area contributed by atoms with E-state index in [4.69, 9.17) is 0 Å². The summed E-state index contributed by atoms with van der Waals surface area (Å²) in [6.07, 6.45) is -1.19. The van der Waals surface area contributed by atoms with Crippen molar-refractivity contribution >= 4 is 29.9 Å². The number of nitrogens with zero attached hydrogens (tertiary/aromatic N) is 4. The molecule has 0 fully saturated rings. The molecule has 1 aromatic carbocycles. The van der Waals surface area contributed by atoms with Crippen LogP contribution in [0.15, 0.2) is 35.6 Å². The van der Waals surface area contributed by atoms with E-state index in [1.54, 1.807) is 18.5 Å². The molecular weight excluding hydrogens is 524 g/mol. The Bertz CT molecular complexity index is 793. The maximum atomic E-state index is 12.3. The lowest BCUT2D eigenvalue weighted by Gasteiger charge is -2.14. The number of aliphatic imine (C=N–C) groups is 1. The lowest BCUT2D eigenvalue weighted by atomic mass is 10.1. The number of rotatable bonds is 10. The van der Waals surface area contributed by atoms with Crippen molar-refractivity contribution in [2.24, 2.45) is 10.9 Å². The molecule has 0 atom stereocenters. The summed E-state index contributed by atoms with van der Waals surface area (Å²) in [5.41, 5.74) is 0.779. The van der Waals surface area contributed by atoms with Gasteiger partial charge in [-0.25, -0.2) is 4.99 Å². The van der Waals surface area contributed by atoms with Crippen molar-refractivity contribution in [1.82, 2.24) is 25.4 Å². The molecule has 0 unspecified atom stereocenters. The van der Waals surface area contributed by atoms with Crippen LogP contribution in [-0.4, -0.2) is 40.2 Å². The summed E-state index contributed by atoms with van der Waals surface area (Å²) in [6, 6.07) is 5.72. The maximum absolute atomic E-state index is 12.3. The molecule has 0 saturated carbocycles. The number of aryl methyl sites for hydroxylation is 1. The Hall–Kier alpha value is -2.05. The zero-order valence-electron chi connectivity index (χ0n) is 17.9. The number of hydrogen-bond acceptors (Lipinski definition) is 4. The van der Waals surface area contributed by atoms with Gasteiger partial charge in [0.1, 0.15) is 17.9 Å². The molecule has 1 heterocycles. The molecule has 2 rings (SSSR count). The zero-order chi connectivity index (χ0) is 22.0. The van der Waals surface area contributed by atoms with Crippen molar-refractivity contribution in [3.63, 3.8) is 0 Å². The number of ether oxygens (including phenoxy) is 1. The van der Waals surface area contributed by atoms with E-state index in [9.17, 15) is 13.2 Å². The molecule has 0 aliphatic carbocycles. The Kier molecular flexibility index (Phi) is 11.6. The summed E-state index contributed by atoms with van der Waals surface area (Å²) in [5.74, 6) is 1.88. The van der Waals surface area contributed by atoms with Crippen LogP contribution in [-0.2, 0) is 19.5 Å². The Balaban J connectivity index is 0.00000480. The van der Waals surface area contributed by atoms with Gasteiger partial charge in [0.05, 0.1) is 6.54 Å². The normalized spacial score (nSPS) is 11.9. The molecule has 31 heavy (non-hydrogen) atoms. The molecule has 0 radical (unpaired) electrons. The summed E-state index contributed by atoms with van der Waals surface area (Å²) in [4.78, 5) is 4.55. The fourth-order valence-corrected chi connectivity index (χ4v) is 2.65. The summed E-state index contributed by atoms with van der Waals surface area (Å²) < 4.78 is 42.7. The second kappa shape index (κ2) is 13.4. The molecule has 0 spiro atoms. The molecule has 0 saturated heterocycles. The Morgan fingerprint density at radius 2 is 1.84 bits per heavy atom. The molecule has 7 nitrogen and oxygen atoms in total. The quantitative estimate of drug-likeness (QED) is 0.263. The van der Waals surface area contributed by atoms with Crippen LogP contribution in [0.5, 0.6) is 5.75 Å². The van der Waals surface area contributed by atoms with E-state index < -0.39 is 6.36 Å². The number of nitrogens with one attached hydrogen (secondary N) is 2. The minimum atomic E-state index is -4.69. The summed E-state index contributed by atoms with van der Waals surface area (Å²) >= 11 is 0. The predicted molar refractivity (Wildman–Crippen MR) is 125 cm³/mol. The monoisotopic (exact) mass is 554 g/mol. The van der Waals surface area contributed by atoms with Gasteiger partial charge in [-0.1, -0.05) is 32.9 Å². The second-order valence-electron chi connectivity index (χ2n) is 7.19. The van der Waals surface area contributed by atoms with Crippen molar-refractivity contribution in [1.29, 1.82) is 0 Å². The largest absolute Gasteiger partial charge is 0.573 e. The molecule has 0 bridgehead atoms. The Morgan fingerprint density at radius 1 is 1.16 bits per heavy atom. The molecule has 174 valence electrons. The van der Waals surface area contributed by atoms with Gasteiger partial charge in [-0.15, -0.1) is 47.3 Å². The number of halogens is 4. The number of alkyl halides is 3. The lowest BCUT2D eigenvalue weighted by Crippen LogP contribution is -2.39. The van der Waals surface area contributed by atoms with Gasteiger partial charge in [0.25, 0.3) is 0 Å². The number of hydrogen-bond donors (Lipinski definition) is 2. The first-order valence-corrected chi connectivity index (χ1v) is 10.0. The van der Waals surface area contributed by atoms with Gasteiger partial charge >= 0.3 is 6.36 Å². The number of benzene rings is 1. The molecule has 0 aliphatic rings. The van der Waals surface area contributed by atoms with Crippen molar-refractivity contribution in [3.05, 3.63) is 42.0 Å². The number of aromatic nitrogens is 3. The highest BCUT2D eigenvalue weighted by Crippen LogP contribution is 2.22. The fourth-order valence-electron chi connectivity index (χ4n) is 2.65. The topological polar surface area (TPSA) is 76.4 Å². The van der Waals surface area contributed by atoms with E-state index in [1.165, 1.54) is 12.1 Å². The van der Waals surface area contributed by atoms with E-state index in [2.05, 4.69) is 44.4 Å². The first kappa shape index (κ1) is 27.0. The van der Waals surface area contributed by atoms with Gasteiger partial charge in [0.2, 0.25) is 0 Å². The third kappa shape index (κ3) is 10.7. The first-order chi connectivity index (χ1) is 14.3. The molecule has 1 aromatic heterocycles. The van der Waals surface area contributed by atoms with Gasteiger partial charge in [0, 0.05) is 26.1 Å². The van der Waals surface area contributed by atoms with E-state index in [0.717, 1.165) is 30.8 Å². The van der Waals surface area contributed by atoms with Gasteiger partial charge in [-0.2, -0.15) is 0 Å². The van der Waals surface area contributed by atoms with Crippen LogP contribution < -0.4 is 15.4 Å². The van der Waals surface area contributed by atoms with E-state index in [0.29, 0.717) is 31.5 Å². The van der Waals surface area contributed by atoms with Crippen LogP contribution in [0.2, 0.25) is 0 Å². The van der Waals surface area contributed by atoms with Crippen molar-refractivity contribution in [2.75, 3.05) is 13.1 Å². The highest BCUT2D eigenvalue weighted by Gasteiger charge is 2.30. The molecule has 2 aromatic rings. The minimum absolute atomic E-state index is 0. The van der Waals surface area contributed by atoms with Gasteiger partial charge < -0.3 is 19.9 Å². The Morgan fingerprint density at radius 3 is 2.45 bits per heavy atom. The number of guanidine groups is 1. The molecule has 0 amide bonds. The van der Waals surface area contributed by atoms with Crippen LogP contribution in [0.25, 0.3) is 0 Å². The highest BCUT2D eigenvalue weighted by molar-refractivity contribution is 14.0. The minimum Gasteiger partial charge on any atom is -0.406 e. The fraction of sp³-hybridized carbons (Fsp3) is 0.550. The third-order valence-electron chi connectivity index (χ3n) is 4.25. The standard InChI is InChI=1S/C20H29F3N6O.HI/c1-4-18-28-27-14-29(18)12-11-25-19(24-10-9-15(2)3)26-13-16-5-7-17(8-6-16)30-20(21,22)23;/h5-8,14-15H,4,9-13H2,1-3H3,(H2,24,25,26);1H. The zero-order valence-corrected chi connectivity index (χ0v) is 20.3. The van der Waals surface area contributed by atoms with E-state index >= 15 is 0 Å². The first-order valence-electron chi connectivity index (χ1n) is 10.0. The molecular formula is C20H30F3IN6O. The summed E-state index contributed by atoms with van der Waals surface area (Å²) in [5, 5.41) is 14.6. The van der Waals surface area contributed by atoms with Crippen molar-refractivity contribution < 1.29 is 17.9 Å². The Labute approximate surface area is 197 Å². The predicted octanol–water partition coefficient (Wildman–Crippen LogP) is 4.14. The SMILES string of the molecule is CCc1nncn1CCNC(=NCc1ccc(OC(F)(F)F)cc1)NCCC(C)C.I. The van der Waals surface area contributed by atoms with Crippen molar-refractivity contribution in [2.45, 2.75) is 53.1 Å². The van der Waals surface area contributed by atoms with Gasteiger partial charge in [-0.3, -0.25) is 0 Å². The average Bonchev–Trinajstić information content (AvgIpc) is 3.13. The van der Waals surface area contributed by atoms with Crippen molar-refractivity contribution in [3.8, 4) is 5.75 Å². The lowest BCUT2D eigenvalue weighted by molar-refractivity contribution is -0.274.